The van der Waals surface area contributed by atoms with Crippen molar-refractivity contribution in [3.05, 3.63) is 47.4 Å². The van der Waals surface area contributed by atoms with Gasteiger partial charge in [-0.15, -0.1) is 0 Å². The number of nitrogens with zero attached hydrogens (tertiary/aromatic N) is 2. The molecule has 1 unspecified atom stereocenters. The van der Waals surface area contributed by atoms with E-state index in [1.807, 2.05) is 27.7 Å². The highest BCUT2D eigenvalue weighted by molar-refractivity contribution is 5.92. The van der Waals surface area contributed by atoms with Gasteiger partial charge in [0, 0.05) is 11.7 Å². The van der Waals surface area contributed by atoms with E-state index in [2.05, 4.69) is 38.8 Å². The summed E-state index contributed by atoms with van der Waals surface area (Å²) in [6.07, 6.45) is 3.95. The first-order chi connectivity index (χ1) is 10.5. The molecule has 2 aromatic rings. The molecule has 5 nitrogen and oxygen atoms in total. The van der Waals surface area contributed by atoms with Gasteiger partial charge in [-0.1, -0.05) is 19.1 Å². The van der Waals surface area contributed by atoms with Crippen LogP contribution in [0.4, 0.5) is 11.5 Å². The quantitative estimate of drug-likeness (QED) is 0.888. The molecular formula is C17H22N4O. The molecule has 0 saturated heterocycles. The fourth-order valence-corrected chi connectivity index (χ4v) is 1.92. The Bertz CT molecular complexity index is 652. The van der Waals surface area contributed by atoms with E-state index in [9.17, 15) is 4.79 Å². The molecule has 1 amide bonds. The lowest BCUT2D eigenvalue weighted by atomic mass is 10.1. The Balaban J connectivity index is 2.09. The highest BCUT2D eigenvalue weighted by Crippen LogP contribution is 2.20. The number of aromatic nitrogens is 2. The largest absolute Gasteiger partial charge is 0.348 e. The first-order valence-electron chi connectivity index (χ1n) is 7.46. The second kappa shape index (κ2) is 7.02. The van der Waals surface area contributed by atoms with E-state index in [-0.39, 0.29) is 11.9 Å². The Morgan fingerprint density at radius 1 is 1.23 bits per heavy atom. The lowest BCUT2D eigenvalue weighted by molar-refractivity contribution is 0.0934. The van der Waals surface area contributed by atoms with Crippen LogP contribution in [0.25, 0.3) is 0 Å². The van der Waals surface area contributed by atoms with Gasteiger partial charge in [0.05, 0.1) is 12.4 Å². The summed E-state index contributed by atoms with van der Waals surface area (Å²) < 4.78 is 0. The zero-order valence-electron chi connectivity index (χ0n) is 13.5. The normalized spacial score (nSPS) is 11.8. The molecule has 0 bridgehead atoms. The summed E-state index contributed by atoms with van der Waals surface area (Å²) in [6.45, 7) is 8.05. The van der Waals surface area contributed by atoms with Crippen LogP contribution in [0.15, 0.2) is 30.6 Å². The van der Waals surface area contributed by atoms with Crippen molar-refractivity contribution in [1.82, 2.24) is 15.3 Å². The summed E-state index contributed by atoms with van der Waals surface area (Å²) >= 11 is 0. The summed E-state index contributed by atoms with van der Waals surface area (Å²) in [5.41, 5.74) is 3.62. The second-order valence-corrected chi connectivity index (χ2v) is 5.51. The van der Waals surface area contributed by atoms with Crippen molar-refractivity contribution in [2.75, 3.05) is 5.32 Å². The van der Waals surface area contributed by atoms with Gasteiger partial charge in [0.15, 0.2) is 0 Å². The number of aryl methyl sites for hydroxylation is 2. The van der Waals surface area contributed by atoms with Crippen LogP contribution >= 0.6 is 0 Å². The number of amides is 1. The maximum atomic E-state index is 11.9. The molecule has 5 heteroatoms. The van der Waals surface area contributed by atoms with Gasteiger partial charge in [-0.2, -0.15) is 0 Å². The van der Waals surface area contributed by atoms with Crippen molar-refractivity contribution in [2.24, 2.45) is 0 Å². The molecule has 0 aliphatic carbocycles. The lowest BCUT2D eigenvalue weighted by Gasteiger charge is -2.12. The van der Waals surface area contributed by atoms with Gasteiger partial charge in [0.2, 0.25) is 0 Å². The number of carbonyl (C=O) groups excluding carboxylic acids is 1. The Morgan fingerprint density at radius 3 is 2.64 bits per heavy atom. The molecule has 116 valence electrons. The molecule has 2 N–H and O–H groups in total. The minimum Gasteiger partial charge on any atom is -0.348 e. The maximum absolute atomic E-state index is 11.9. The number of hydrogen-bond donors (Lipinski definition) is 2. The van der Waals surface area contributed by atoms with E-state index in [1.54, 1.807) is 6.20 Å². The first kappa shape index (κ1) is 15.9. The Hall–Kier alpha value is -2.43. The molecular weight excluding hydrogens is 276 g/mol. The summed E-state index contributed by atoms with van der Waals surface area (Å²) in [5.74, 6) is 0.425. The molecule has 22 heavy (non-hydrogen) atoms. The smallest absolute Gasteiger partial charge is 0.271 e. The van der Waals surface area contributed by atoms with Gasteiger partial charge in [0.25, 0.3) is 5.91 Å². The standard InChI is InChI=1S/C17H22N4O/c1-5-13(4)20-17(22)15-9-19-16(10-18-15)21-14-8-11(2)6-7-12(14)3/h6-10,13H,5H2,1-4H3,(H,19,21)(H,20,22). The van der Waals surface area contributed by atoms with E-state index in [0.29, 0.717) is 11.5 Å². The van der Waals surface area contributed by atoms with Crippen LogP contribution in [0.2, 0.25) is 0 Å². The van der Waals surface area contributed by atoms with Crippen molar-refractivity contribution >= 4 is 17.4 Å². The third kappa shape index (κ3) is 4.04. The van der Waals surface area contributed by atoms with Crippen LogP contribution in [-0.2, 0) is 0 Å². The molecule has 1 aromatic heterocycles. The highest BCUT2D eigenvalue weighted by atomic mass is 16.1. The van der Waals surface area contributed by atoms with E-state index < -0.39 is 0 Å². The van der Waals surface area contributed by atoms with E-state index in [0.717, 1.165) is 17.7 Å². The zero-order valence-corrected chi connectivity index (χ0v) is 13.5. The van der Waals surface area contributed by atoms with Gasteiger partial charge in [-0.05, 0) is 44.4 Å². The molecule has 2 rings (SSSR count). The van der Waals surface area contributed by atoms with E-state index in [4.69, 9.17) is 0 Å². The van der Waals surface area contributed by atoms with Crippen molar-refractivity contribution < 1.29 is 4.79 Å². The molecule has 1 aromatic carbocycles. The topological polar surface area (TPSA) is 66.9 Å². The van der Waals surface area contributed by atoms with Crippen LogP contribution in [0.5, 0.6) is 0 Å². The summed E-state index contributed by atoms with van der Waals surface area (Å²) in [4.78, 5) is 20.4. The van der Waals surface area contributed by atoms with Crippen molar-refractivity contribution in [2.45, 2.75) is 40.2 Å². The van der Waals surface area contributed by atoms with Crippen LogP contribution in [0.1, 0.15) is 41.9 Å². The monoisotopic (exact) mass is 298 g/mol. The van der Waals surface area contributed by atoms with Crippen LogP contribution < -0.4 is 10.6 Å². The maximum Gasteiger partial charge on any atom is 0.271 e. The number of hydrogen-bond acceptors (Lipinski definition) is 4. The predicted molar refractivity (Wildman–Crippen MR) is 88.4 cm³/mol. The third-order valence-electron chi connectivity index (χ3n) is 3.53. The molecule has 0 saturated carbocycles. The Morgan fingerprint density at radius 2 is 2.00 bits per heavy atom. The summed E-state index contributed by atoms with van der Waals surface area (Å²) in [6, 6.07) is 6.30. The molecule has 0 spiro atoms. The molecule has 1 heterocycles. The van der Waals surface area contributed by atoms with Gasteiger partial charge >= 0.3 is 0 Å². The minimum atomic E-state index is -0.194. The summed E-state index contributed by atoms with van der Waals surface area (Å²) in [5, 5.41) is 6.10. The molecule has 1 atom stereocenters. The van der Waals surface area contributed by atoms with Gasteiger partial charge in [0.1, 0.15) is 11.5 Å². The van der Waals surface area contributed by atoms with Crippen molar-refractivity contribution in [1.29, 1.82) is 0 Å². The van der Waals surface area contributed by atoms with Gasteiger partial charge in [-0.3, -0.25) is 4.79 Å². The number of anilines is 2. The third-order valence-corrected chi connectivity index (χ3v) is 3.53. The number of rotatable bonds is 5. The fourth-order valence-electron chi connectivity index (χ4n) is 1.92. The minimum absolute atomic E-state index is 0.127. The number of benzene rings is 1. The Kier molecular flexibility index (Phi) is 5.09. The predicted octanol–water partition coefficient (Wildman–Crippen LogP) is 3.37. The second-order valence-electron chi connectivity index (χ2n) is 5.51. The molecule has 0 aliphatic heterocycles. The average molecular weight is 298 g/mol. The van der Waals surface area contributed by atoms with E-state index >= 15 is 0 Å². The fraction of sp³-hybridized carbons (Fsp3) is 0.353. The van der Waals surface area contributed by atoms with Crippen LogP contribution in [0, 0.1) is 13.8 Å². The first-order valence-corrected chi connectivity index (χ1v) is 7.46. The SMILES string of the molecule is CCC(C)NC(=O)c1cnc(Nc2cc(C)ccc2C)cn1. The Labute approximate surface area is 131 Å². The van der Waals surface area contributed by atoms with Gasteiger partial charge < -0.3 is 10.6 Å². The molecule has 0 aliphatic rings. The average Bonchev–Trinajstić information content (AvgIpc) is 2.51. The molecule has 0 radical (unpaired) electrons. The lowest BCUT2D eigenvalue weighted by Crippen LogP contribution is -2.32. The van der Waals surface area contributed by atoms with E-state index in [1.165, 1.54) is 11.8 Å². The van der Waals surface area contributed by atoms with Crippen LogP contribution in [0.3, 0.4) is 0 Å². The van der Waals surface area contributed by atoms with Crippen molar-refractivity contribution in [3.63, 3.8) is 0 Å². The zero-order chi connectivity index (χ0) is 16.1. The molecule has 0 fully saturated rings. The van der Waals surface area contributed by atoms with Gasteiger partial charge in [-0.25, -0.2) is 9.97 Å². The van der Waals surface area contributed by atoms with Crippen molar-refractivity contribution in [3.8, 4) is 0 Å². The number of carbonyl (C=O) groups is 1. The van der Waals surface area contributed by atoms with Crippen LogP contribution in [-0.4, -0.2) is 21.9 Å². The highest BCUT2D eigenvalue weighted by Gasteiger charge is 2.10. The summed E-state index contributed by atoms with van der Waals surface area (Å²) in [7, 11) is 0. The number of nitrogens with one attached hydrogen (secondary N) is 2.